The Kier molecular flexibility index (Phi) is 4.24. The third-order valence-electron chi connectivity index (χ3n) is 6.45. The Bertz CT molecular complexity index is 1190. The summed E-state index contributed by atoms with van der Waals surface area (Å²) in [5.41, 5.74) is 1.89. The summed E-state index contributed by atoms with van der Waals surface area (Å²) >= 11 is 6.30. The van der Waals surface area contributed by atoms with Crippen LogP contribution in [0.2, 0.25) is 5.15 Å². The van der Waals surface area contributed by atoms with Gasteiger partial charge in [-0.3, -0.25) is 5.10 Å². The molecule has 1 saturated heterocycles. The van der Waals surface area contributed by atoms with Crippen LogP contribution in [0.5, 0.6) is 0 Å². The summed E-state index contributed by atoms with van der Waals surface area (Å²) < 4.78 is 29.0. The van der Waals surface area contributed by atoms with Crippen molar-refractivity contribution in [1.82, 2.24) is 15.2 Å². The Balaban J connectivity index is 1.46. The van der Waals surface area contributed by atoms with Gasteiger partial charge in [-0.05, 0) is 49.3 Å². The van der Waals surface area contributed by atoms with E-state index >= 15 is 0 Å². The van der Waals surface area contributed by atoms with E-state index in [4.69, 9.17) is 11.6 Å². The third kappa shape index (κ3) is 3.08. The zero-order chi connectivity index (χ0) is 21.1. The van der Waals surface area contributed by atoms with Crippen molar-refractivity contribution in [3.05, 3.63) is 52.8 Å². The standard InChI is InChI=1S/C22H19ClF2N6/c23-21-20-19(29-30-21)13-7-17(31-9-11-4-5-12(6-11)10-31)26-8-16(13)27-22(28-20)18-14(24)2-1-3-15(18)25/h1-3,7-8,11-12H,4-6,9-10H2,(H,27,28)(H,29,30). The molecule has 31 heavy (non-hydrogen) atoms. The molecule has 2 fully saturated rings. The van der Waals surface area contributed by atoms with Gasteiger partial charge in [-0.25, -0.2) is 18.8 Å². The highest BCUT2D eigenvalue weighted by Crippen LogP contribution is 2.43. The van der Waals surface area contributed by atoms with Crippen LogP contribution >= 0.6 is 11.6 Å². The number of nitrogens with one attached hydrogen (secondary N) is 2. The predicted octanol–water partition coefficient (Wildman–Crippen LogP) is 5.14. The van der Waals surface area contributed by atoms with E-state index in [2.05, 4.69) is 30.4 Å². The van der Waals surface area contributed by atoms with Gasteiger partial charge in [0, 0.05) is 18.7 Å². The van der Waals surface area contributed by atoms with Crippen LogP contribution in [0.3, 0.4) is 0 Å². The lowest BCUT2D eigenvalue weighted by Gasteiger charge is -2.33. The molecule has 2 aliphatic heterocycles. The van der Waals surface area contributed by atoms with Gasteiger partial charge in [0.1, 0.15) is 34.7 Å². The summed E-state index contributed by atoms with van der Waals surface area (Å²) in [5, 5.41) is 10.3. The average molecular weight is 441 g/mol. The van der Waals surface area contributed by atoms with E-state index in [1.165, 1.54) is 37.5 Å². The van der Waals surface area contributed by atoms with Crippen molar-refractivity contribution in [3.63, 3.8) is 0 Å². The van der Waals surface area contributed by atoms with Crippen LogP contribution in [-0.4, -0.2) is 34.1 Å². The maximum absolute atomic E-state index is 14.5. The lowest BCUT2D eigenvalue weighted by molar-refractivity contribution is 0.419. The van der Waals surface area contributed by atoms with Gasteiger partial charge < -0.3 is 10.2 Å². The normalized spacial score (nSPS) is 21.8. The average Bonchev–Trinajstić information content (AvgIpc) is 3.23. The first-order chi connectivity index (χ1) is 15.1. The van der Waals surface area contributed by atoms with Gasteiger partial charge in [0.05, 0.1) is 17.4 Å². The fourth-order valence-corrected chi connectivity index (χ4v) is 5.20. The second kappa shape index (κ2) is 7.02. The Labute approximate surface area is 182 Å². The van der Waals surface area contributed by atoms with Crippen molar-refractivity contribution in [2.75, 3.05) is 23.3 Å². The van der Waals surface area contributed by atoms with Gasteiger partial charge >= 0.3 is 0 Å². The number of halogens is 3. The molecular weight excluding hydrogens is 422 g/mol. The van der Waals surface area contributed by atoms with Crippen molar-refractivity contribution < 1.29 is 8.78 Å². The molecule has 9 heteroatoms. The van der Waals surface area contributed by atoms with Crippen molar-refractivity contribution in [1.29, 1.82) is 0 Å². The number of aromatic amines is 1. The lowest BCUT2D eigenvalue weighted by atomic mass is 9.98. The van der Waals surface area contributed by atoms with Gasteiger partial charge in [0.2, 0.25) is 0 Å². The molecule has 0 spiro atoms. The molecule has 6 nitrogen and oxygen atoms in total. The van der Waals surface area contributed by atoms with Crippen LogP contribution < -0.4 is 10.2 Å². The second-order valence-corrected chi connectivity index (χ2v) is 8.83. The third-order valence-corrected chi connectivity index (χ3v) is 6.71. The molecule has 2 atom stereocenters. The van der Waals surface area contributed by atoms with E-state index in [1.807, 2.05) is 6.07 Å². The number of hydrogen-bond donors (Lipinski definition) is 2. The monoisotopic (exact) mass is 440 g/mol. The number of pyridine rings is 1. The molecular formula is C22H19ClF2N6. The largest absolute Gasteiger partial charge is 0.356 e. The molecule has 1 aromatic carbocycles. The van der Waals surface area contributed by atoms with E-state index in [1.54, 1.807) is 6.20 Å². The van der Waals surface area contributed by atoms with Crippen LogP contribution in [0, 0.1) is 23.5 Å². The zero-order valence-corrected chi connectivity index (χ0v) is 17.3. The maximum atomic E-state index is 14.5. The number of piperidine rings is 1. The fraction of sp³-hybridized carbons (Fsp3) is 0.318. The number of nitrogens with zero attached hydrogens (tertiary/aromatic N) is 4. The topological polar surface area (TPSA) is 69.2 Å². The highest BCUT2D eigenvalue weighted by atomic mass is 35.5. The number of rotatable bonds is 2. The van der Waals surface area contributed by atoms with E-state index in [0.29, 0.717) is 28.9 Å². The Hall–Kier alpha value is -3.00. The van der Waals surface area contributed by atoms with Crippen LogP contribution in [0.1, 0.15) is 24.8 Å². The highest BCUT2D eigenvalue weighted by Gasteiger charge is 2.34. The Morgan fingerprint density at radius 3 is 2.58 bits per heavy atom. The minimum absolute atomic E-state index is 0.0180. The number of aromatic nitrogens is 3. The summed E-state index contributed by atoms with van der Waals surface area (Å²) in [7, 11) is 0. The first-order valence-corrected chi connectivity index (χ1v) is 10.7. The summed E-state index contributed by atoms with van der Waals surface area (Å²) in [6.07, 6.45) is 5.52. The van der Waals surface area contributed by atoms with E-state index in [0.717, 1.165) is 24.5 Å². The molecule has 0 radical (unpaired) electrons. The summed E-state index contributed by atoms with van der Waals surface area (Å²) in [5.74, 6) is 0.874. The van der Waals surface area contributed by atoms with Crippen molar-refractivity contribution >= 4 is 34.6 Å². The highest BCUT2D eigenvalue weighted by molar-refractivity contribution is 6.33. The minimum atomic E-state index is -0.718. The SMILES string of the molecule is Fc1cccc(F)c1C1=Nc2c(n[nH]c2Cl)-c2cc(N3CC4CCC(C4)C3)ncc2N1. The number of fused-ring (bicyclic) bond motifs is 5. The molecule has 3 aliphatic rings. The Morgan fingerprint density at radius 1 is 1.10 bits per heavy atom. The molecule has 2 aromatic heterocycles. The second-order valence-electron chi connectivity index (χ2n) is 8.46. The van der Waals surface area contributed by atoms with Crippen LogP contribution in [0.15, 0.2) is 35.5 Å². The number of hydrogen-bond acceptors (Lipinski definition) is 5. The molecule has 2 N–H and O–H groups in total. The van der Waals surface area contributed by atoms with Gasteiger partial charge in [0.25, 0.3) is 0 Å². The summed E-state index contributed by atoms with van der Waals surface area (Å²) in [6, 6.07) is 5.66. The van der Waals surface area contributed by atoms with Gasteiger partial charge in [-0.15, -0.1) is 0 Å². The molecule has 2 unspecified atom stereocenters. The van der Waals surface area contributed by atoms with E-state index in [-0.39, 0.29) is 16.6 Å². The molecule has 2 bridgehead atoms. The molecule has 158 valence electrons. The van der Waals surface area contributed by atoms with Crippen LogP contribution in [0.4, 0.5) is 26.0 Å². The molecule has 0 amide bonds. The first-order valence-electron chi connectivity index (χ1n) is 10.4. The van der Waals surface area contributed by atoms with Crippen molar-refractivity contribution in [2.45, 2.75) is 19.3 Å². The Morgan fingerprint density at radius 2 is 1.84 bits per heavy atom. The maximum Gasteiger partial charge on any atom is 0.150 e. The number of aliphatic imine (C=N–C) groups is 1. The lowest BCUT2D eigenvalue weighted by Crippen LogP contribution is -2.36. The van der Waals surface area contributed by atoms with Crippen LogP contribution in [0.25, 0.3) is 11.3 Å². The molecule has 4 heterocycles. The zero-order valence-electron chi connectivity index (χ0n) is 16.5. The number of anilines is 2. The summed E-state index contributed by atoms with van der Waals surface area (Å²) in [6.45, 7) is 1.98. The van der Waals surface area contributed by atoms with Gasteiger partial charge in [-0.2, -0.15) is 5.10 Å². The van der Waals surface area contributed by atoms with Crippen molar-refractivity contribution in [2.24, 2.45) is 16.8 Å². The molecule has 6 rings (SSSR count). The first kappa shape index (κ1) is 18.7. The molecule has 1 aliphatic carbocycles. The van der Waals surface area contributed by atoms with E-state index < -0.39 is 11.6 Å². The quantitative estimate of drug-likeness (QED) is 0.578. The minimum Gasteiger partial charge on any atom is -0.356 e. The summed E-state index contributed by atoms with van der Waals surface area (Å²) in [4.78, 5) is 11.4. The van der Waals surface area contributed by atoms with Crippen molar-refractivity contribution in [3.8, 4) is 11.3 Å². The van der Waals surface area contributed by atoms with Gasteiger partial charge in [-0.1, -0.05) is 17.7 Å². The fourth-order valence-electron chi connectivity index (χ4n) is 5.02. The smallest absolute Gasteiger partial charge is 0.150 e. The molecule has 3 aromatic rings. The number of amidine groups is 1. The van der Waals surface area contributed by atoms with E-state index in [9.17, 15) is 8.78 Å². The molecule has 1 saturated carbocycles. The predicted molar refractivity (Wildman–Crippen MR) is 116 cm³/mol. The number of benzene rings is 1. The van der Waals surface area contributed by atoms with Crippen LogP contribution in [-0.2, 0) is 0 Å². The van der Waals surface area contributed by atoms with Gasteiger partial charge in [0.15, 0.2) is 5.15 Å². The number of H-pyrrole nitrogens is 1.